The van der Waals surface area contributed by atoms with E-state index in [1.807, 2.05) is 6.92 Å². The normalized spacial score (nSPS) is 10.4. The Kier molecular flexibility index (Phi) is 5.95. The molecule has 0 unspecified atom stereocenters. The molecule has 16 heavy (non-hydrogen) atoms. The molecule has 6 heteroatoms. The molecule has 0 radical (unpaired) electrons. The van der Waals surface area contributed by atoms with Crippen LogP contribution in [0.2, 0.25) is 0 Å². The van der Waals surface area contributed by atoms with E-state index in [0.29, 0.717) is 12.2 Å². The van der Waals surface area contributed by atoms with Gasteiger partial charge in [-0.1, -0.05) is 0 Å². The molecule has 0 aliphatic heterocycles. The Bertz CT molecular complexity index is 328. The third-order valence-corrected chi connectivity index (χ3v) is 2.53. The average molecular weight is 243 g/mol. The molecule has 0 saturated carbocycles. The van der Waals surface area contributed by atoms with Gasteiger partial charge in [0.25, 0.3) is 0 Å². The second-order valence-corrected chi connectivity index (χ2v) is 4.12. The number of Topliss-reactive ketones (excluding diaryl/α,β-unsaturated/α-hetero) is 1. The molecule has 1 heterocycles. The molecule has 1 N–H and O–H groups in total. The molecule has 0 aliphatic carbocycles. The zero-order valence-electron chi connectivity index (χ0n) is 9.65. The SMILES string of the molecule is CCOCCCNc1nc(CC(C)=O)ns1. The summed E-state index contributed by atoms with van der Waals surface area (Å²) in [6.45, 7) is 5.83. The summed E-state index contributed by atoms with van der Waals surface area (Å²) in [6.07, 6.45) is 1.26. The lowest BCUT2D eigenvalue weighted by Gasteiger charge is -2.01. The van der Waals surface area contributed by atoms with Crippen LogP contribution < -0.4 is 5.32 Å². The van der Waals surface area contributed by atoms with Gasteiger partial charge in [-0.15, -0.1) is 0 Å². The summed E-state index contributed by atoms with van der Waals surface area (Å²) >= 11 is 1.29. The van der Waals surface area contributed by atoms with Crippen LogP contribution >= 0.6 is 11.5 Å². The third kappa shape index (κ3) is 5.18. The smallest absolute Gasteiger partial charge is 0.202 e. The standard InChI is InChI=1S/C10H17N3O2S/c1-3-15-6-4-5-11-10-12-9(13-16-10)7-8(2)14/h3-7H2,1-2H3,(H,11,12,13). The Balaban J connectivity index is 2.21. The molecule has 1 aromatic heterocycles. The molecule has 1 rings (SSSR count). The van der Waals surface area contributed by atoms with Crippen molar-refractivity contribution in [3.05, 3.63) is 5.82 Å². The number of anilines is 1. The van der Waals surface area contributed by atoms with Crippen LogP contribution in [0.1, 0.15) is 26.1 Å². The summed E-state index contributed by atoms with van der Waals surface area (Å²) in [7, 11) is 0. The lowest BCUT2D eigenvalue weighted by Crippen LogP contribution is -2.05. The Morgan fingerprint density at radius 1 is 1.56 bits per heavy atom. The monoisotopic (exact) mass is 243 g/mol. The van der Waals surface area contributed by atoms with Crippen molar-refractivity contribution < 1.29 is 9.53 Å². The minimum absolute atomic E-state index is 0.0840. The maximum atomic E-state index is 10.8. The van der Waals surface area contributed by atoms with E-state index < -0.39 is 0 Å². The van der Waals surface area contributed by atoms with Crippen LogP contribution in [-0.2, 0) is 16.0 Å². The lowest BCUT2D eigenvalue weighted by atomic mass is 10.3. The first kappa shape index (κ1) is 13.1. The zero-order valence-corrected chi connectivity index (χ0v) is 10.5. The minimum Gasteiger partial charge on any atom is -0.382 e. The quantitative estimate of drug-likeness (QED) is 0.701. The predicted octanol–water partition coefficient (Wildman–Crippen LogP) is 1.51. The average Bonchev–Trinajstić information content (AvgIpc) is 2.64. The number of carbonyl (C=O) groups excluding carboxylic acids is 1. The van der Waals surface area contributed by atoms with Gasteiger partial charge in [0.05, 0.1) is 6.42 Å². The van der Waals surface area contributed by atoms with Gasteiger partial charge >= 0.3 is 0 Å². The van der Waals surface area contributed by atoms with Crippen LogP contribution in [0.3, 0.4) is 0 Å². The number of nitrogens with one attached hydrogen (secondary N) is 1. The number of ether oxygens (including phenoxy) is 1. The van der Waals surface area contributed by atoms with Crippen LogP contribution in [0, 0.1) is 0 Å². The summed E-state index contributed by atoms with van der Waals surface area (Å²) in [6, 6.07) is 0. The van der Waals surface area contributed by atoms with E-state index >= 15 is 0 Å². The van der Waals surface area contributed by atoms with Crippen LogP contribution in [0.4, 0.5) is 5.13 Å². The van der Waals surface area contributed by atoms with Crippen LogP contribution in [0.15, 0.2) is 0 Å². The molecule has 0 saturated heterocycles. The maximum Gasteiger partial charge on any atom is 0.202 e. The number of aromatic nitrogens is 2. The lowest BCUT2D eigenvalue weighted by molar-refractivity contribution is -0.116. The molecule has 0 amide bonds. The van der Waals surface area contributed by atoms with Gasteiger partial charge in [-0.3, -0.25) is 4.79 Å². The van der Waals surface area contributed by atoms with Gasteiger partial charge in [0.1, 0.15) is 5.78 Å². The first-order valence-electron chi connectivity index (χ1n) is 5.36. The van der Waals surface area contributed by atoms with Crippen molar-refractivity contribution in [1.29, 1.82) is 0 Å². The van der Waals surface area contributed by atoms with Gasteiger partial charge in [0.2, 0.25) is 5.13 Å². The van der Waals surface area contributed by atoms with E-state index in [4.69, 9.17) is 4.74 Å². The highest BCUT2D eigenvalue weighted by atomic mass is 32.1. The molecule has 0 atom stereocenters. The van der Waals surface area contributed by atoms with Crippen molar-refractivity contribution in [3.8, 4) is 0 Å². The van der Waals surface area contributed by atoms with Crippen molar-refractivity contribution >= 4 is 22.4 Å². The van der Waals surface area contributed by atoms with E-state index in [1.165, 1.54) is 18.5 Å². The zero-order chi connectivity index (χ0) is 11.8. The van der Waals surface area contributed by atoms with Gasteiger partial charge in [-0.2, -0.15) is 4.37 Å². The fourth-order valence-electron chi connectivity index (χ4n) is 1.13. The molecular formula is C10H17N3O2S. The highest BCUT2D eigenvalue weighted by Gasteiger charge is 2.05. The van der Waals surface area contributed by atoms with Crippen molar-refractivity contribution in [2.75, 3.05) is 25.1 Å². The van der Waals surface area contributed by atoms with Crippen molar-refractivity contribution in [2.24, 2.45) is 0 Å². The van der Waals surface area contributed by atoms with Gasteiger partial charge in [0.15, 0.2) is 5.82 Å². The Morgan fingerprint density at radius 3 is 3.06 bits per heavy atom. The van der Waals surface area contributed by atoms with Gasteiger partial charge in [-0.05, 0) is 20.3 Å². The summed E-state index contributed by atoms with van der Waals surface area (Å²) in [4.78, 5) is 15.0. The Labute approximate surface area is 99.4 Å². The van der Waals surface area contributed by atoms with Gasteiger partial charge in [0, 0.05) is 31.3 Å². The highest BCUT2D eigenvalue weighted by Crippen LogP contribution is 2.11. The summed E-state index contributed by atoms with van der Waals surface area (Å²) in [5.74, 6) is 0.686. The summed E-state index contributed by atoms with van der Waals surface area (Å²) in [5.41, 5.74) is 0. The number of hydrogen-bond donors (Lipinski definition) is 1. The fraction of sp³-hybridized carbons (Fsp3) is 0.700. The number of rotatable bonds is 8. The topological polar surface area (TPSA) is 64.1 Å². The van der Waals surface area contributed by atoms with Crippen LogP contribution in [0.5, 0.6) is 0 Å². The Morgan fingerprint density at radius 2 is 2.38 bits per heavy atom. The molecule has 90 valence electrons. The second kappa shape index (κ2) is 7.29. The van der Waals surface area contributed by atoms with Crippen LogP contribution in [-0.4, -0.2) is 34.9 Å². The third-order valence-electron chi connectivity index (χ3n) is 1.82. The van der Waals surface area contributed by atoms with Gasteiger partial charge in [-0.25, -0.2) is 4.98 Å². The first-order valence-corrected chi connectivity index (χ1v) is 6.13. The molecule has 1 aromatic rings. The van der Waals surface area contributed by atoms with E-state index in [0.717, 1.165) is 31.3 Å². The molecule has 0 aliphatic rings. The molecule has 0 aromatic carbocycles. The molecule has 0 spiro atoms. The number of hydrogen-bond acceptors (Lipinski definition) is 6. The fourth-order valence-corrected chi connectivity index (χ4v) is 1.74. The van der Waals surface area contributed by atoms with Crippen LogP contribution in [0.25, 0.3) is 0 Å². The molecular weight excluding hydrogens is 226 g/mol. The highest BCUT2D eigenvalue weighted by molar-refractivity contribution is 7.09. The number of ketones is 1. The minimum atomic E-state index is 0.0840. The molecule has 0 fully saturated rings. The first-order chi connectivity index (χ1) is 7.72. The summed E-state index contributed by atoms with van der Waals surface area (Å²) < 4.78 is 9.30. The Hall–Kier alpha value is -1.01. The van der Waals surface area contributed by atoms with Crippen molar-refractivity contribution in [3.63, 3.8) is 0 Å². The van der Waals surface area contributed by atoms with E-state index in [-0.39, 0.29) is 5.78 Å². The number of nitrogens with zero attached hydrogens (tertiary/aromatic N) is 2. The van der Waals surface area contributed by atoms with E-state index in [9.17, 15) is 4.79 Å². The van der Waals surface area contributed by atoms with E-state index in [2.05, 4.69) is 14.7 Å². The van der Waals surface area contributed by atoms with Gasteiger partial charge < -0.3 is 10.1 Å². The molecule has 0 bridgehead atoms. The largest absolute Gasteiger partial charge is 0.382 e. The number of carbonyl (C=O) groups is 1. The van der Waals surface area contributed by atoms with Crippen molar-refractivity contribution in [2.45, 2.75) is 26.7 Å². The maximum absolute atomic E-state index is 10.8. The second-order valence-electron chi connectivity index (χ2n) is 3.37. The molecule has 5 nitrogen and oxygen atoms in total. The predicted molar refractivity (Wildman–Crippen MR) is 63.9 cm³/mol. The van der Waals surface area contributed by atoms with E-state index in [1.54, 1.807) is 0 Å². The summed E-state index contributed by atoms with van der Waals surface area (Å²) in [5, 5.41) is 3.92. The van der Waals surface area contributed by atoms with Crippen molar-refractivity contribution in [1.82, 2.24) is 9.36 Å².